The van der Waals surface area contributed by atoms with E-state index in [4.69, 9.17) is 0 Å². The molecule has 3 saturated heterocycles. The van der Waals surface area contributed by atoms with Crippen molar-refractivity contribution in [3.05, 3.63) is 0 Å². The first-order valence-corrected chi connectivity index (χ1v) is 7.22. The lowest BCUT2D eigenvalue weighted by atomic mass is 9.68. The molecule has 1 N–H and O–H groups in total. The summed E-state index contributed by atoms with van der Waals surface area (Å²) in [6.07, 6.45) is 3.46. The highest BCUT2D eigenvalue weighted by molar-refractivity contribution is 8.21. The highest BCUT2D eigenvalue weighted by Crippen LogP contribution is 2.63. The molecule has 4 fully saturated rings. The maximum Gasteiger partial charge on any atom is 0.228 e. The normalized spacial score (nSPS) is 44.4. The Morgan fingerprint density at radius 2 is 2.14 bits per heavy atom. The Morgan fingerprint density at radius 3 is 2.79 bits per heavy atom. The Hall–Kier alpha value is 0.170. The van der Waals surface area contributed by atoms with Gasteiger partial charge < -0.3 is 5.32 Å². The van der Waals surface area contributed by atoms with Crippen molar-refractivity contribution in [2.24, 2.45) is 5.41 Å². The number of piperidine rings is 2. The van der Waals surface area contributed by atoms with Crippen molar-refractivity contribution in [1.82, 2.24) is 5.32 Å². The van der Waals surface area contributed by atoms with Crippen LogP contribution in [0.1, 0.15) is 26.2 Å². The van der Waals surface area contributed by atoms with Crippen LogP contribution in [0.5, 0.6) is 0 Å². The number of carbonyl (C=O) groups is 1. The van der Waals surface area contributed by atoms with Crippen LogP contribution in [0.3, 0.4) is 0 Å². The Bertz CT molecular complexity index is 288. The monoisotopic (exact) mass is 229 g/mol. The predicted molar refractivity (Wildman–Crippen MR) is 61.5 cm³/mol. The van der Waals surface area contributed by atoms with Gasteiger partial charge in [-0.3, -0.25) is 4.79 Å². The van der Waals surface area contributed by atoms with E-state index in [-0.39, 0.29) is 9.49 Å². The van der Waals surface area contributed by atoms with Gasteiger partial charge in [0.1, 0.15) is 0 Å². The Balaban J connectivity index is 2.03. The van der Waals surface area contributed by atoms with Gasteiger partial charge in [-0.1, -0.05) is 0 Å². The van der Waals surface area contributed by atoms with Gasteiger partial charge in [0, 0.05) is 17.5 Å². The van der Waals surface area contributed by atoms with Crippen LogP contribution in [0.4, 0.5) is 0 Å². The number of amides is 1. The summed E-state index contributed by atoms with van der Waals surface area (Å²) in [7, 11) is 0. The summed E-state index contributed by atoms with van der Waals surface area (Å²) in [5.41, 5.74) is -0.104. The van der Waals surface area contributed by atoms with Gasteiger partial charge in [0.2, 0.25) is 5.91 Å². The summed E-state index contributed by atoms with van der Waals surface area (Å²) in [4.78, 5) is 12.0. The minimum atomic E-state index is -0.104. The molecule has 2 unspecified atom stereocenters. The summed E-state index contributed by atoms with van der Waals surface area (Å²) < 4.78 is 0.220. The molecule has 0 radical (unpaired) electrons. The van der Waals surface area contributed by atoms with Crippen molar-refractivity contribution in [3.8, 4) is 0 Å². The SMILES string of the molecule is CC12CCC(CC13SCCS3)NC2=O. The van der Waals surface area contributed by atoms with Gasteiger partial charge in [0.15, 0.2) is 0 Å². The molecule has 1 saturated carbocycles. The molecule has 2 bridgehead atoms. The minimum Gasteiger partial charge on any atom is -0.353 e. The number of fused-ring (bicyclic) bond motifs is 2. The minimum absolute atomic E-state index is 0.104. The largest absolute Gasteiger partial charge is 0.353 e. The maximum absolute atomic E-state index is 12.0. The van der Waals surface area contributed by atoms with Crippen LogP contribution in [0, 0.1) is 5.41 Å². The van der Waals surface area contributed by atoms with Gasteiger partial charge in [-0.15, -0.1) is 23.5 Å². The van der Waals surface area contributed by atoms with Crippen LogP contribution in [0.15, 0.2) is 0 Å². The number of thioether (sulfide) groups is 2. The molecule has 2 nitrogen and oxygen atoms in total. The van der Waals surface area contributed by atoms with E-state index in [1.165, 1.54) is 24.3 Å². The van der Waals surface area contributed by atoms with Crippen molar-refractivity contribution in [3.63, 3.8) is 0 Å². The average Bonchev–Trinajstić information content (AvgIpc) is 2.59. The fraction of sp³-hybridized carbons (Fsp3) is 0.900. The van der Waals surface area contributed by atoms with Crippen LogP contribution in [0.25, 0.3) is 0 Å². The van der Waals surface area contributed by atoms with Crippen LogP contribution in [-0.2, 0) is 4.79 Å². The second-order valence-electron chi connectivity index (χ2n) is 4.70. The van der Waals surface area contributed by atoms with E-state index in [9.17, 15) is 4.79 Å². The molecule has 1 spiro atoms. The first-order valence-electron chi connectivity index (χ1n) is 5.25. The number of rotatable bonds is 0. The van der Waals surface area contributed by atoms with Crippen molar-refractivity contribution < 1.29 is 4.79 Å². The summed E-state index contributed by atoms with van der Waals surface area (Å²) in [5, 5.41) is 3.14. The maximum atomic E-state index is 12.0. The van der Waals surface area contributed by atoms with Crippen molar-refractivity contribution >= 4 is 29.4 Å². The third kappa shape index (κ3) is 0.990. The topological polar surface area (TPSA) is 29.1 Å². The van der Waals surface area contributed by atoms with E-state index in [1.807, 2.05) is 23.5 Å². The molecule has 3 heterocycles. The van der Waals surface area contributed by atoms with Gasteiger partial charge in [0.25, 0.3) is 0 Å². The molecule has 78 valence electrons. The molecule has 3 aliphatic heterocycles. The second-order valence-corrected chi connectivity index (χ2v) is 7.74. The fourth-order valence-electron chi connectivity index (χ4n) is 2.95. The lowest BCUT2D eigenvalue weighted by Gasteiger charge is -2.54. The third-order valence-corrected chi connectivity index (χ3v) is 7.89. The van der Waals surface area contributed by atoms with Crippen LogP contribution in [0.2, 0.25) is 0 Å². The quantitative estimate of drug-likeness (QED) is 0.687. The van der Waals surface area contributed by atoms with Gasteiger partial charge in [-0.2, -0.15) is 0 Å². The summed E-state index contributed by atoms with van der Waals surface area (Å²) in [5.74, 6) is 2.75. The molecule has 0 aromatic carbocycles. The zero-order valence-corrected chi connectivity index (χ0v) is 9.97. The average molecular weight is 229 g/mol. The highest BCUT2D eigenvalue weighted by atomic mass is 32.2. The molecule has 4 aliphatic rings. The molecule has 4 heteroatoms. The van der Waals surface area contributed by atoms with E-state index in [0.29, 0.717) is 11.9 Å². The molecular formula is C10H15NOS2. The molecule has 0 aromatic heterocycles. The molecule has 14 heavy (non-hydrogen) atoms. The second kappa shape index (κ2) is 2.85. The van der Waals surface area contributed by atoms with Gasteiger partial charge in [0.05, 0.1) is 9.49 Å². The highest BCUT2D eigenvalue weighted by Gasteiger charge is 2.62. The molecular weight excluding hydrogens is 214 g/mol. The van der Waals surface area contributed by atoms with Crippen LogP contribution in [-0.4, -0.2) is 27.5 Å². The Morgan fingerprint density at radius 1 is 1.43 bits per heavy atom. The zero-order valence-electron chi connectivity index (χ0n) is 8.34. The van der Waals surface area contributed by atoms with E-state index in [1.54, 1.807) is 0 Å². The standard InChI is InChI=1S/C10H15NOS2/c1-9-3-2-7(11-8(9)12)6-10(9)13-4-5-14-10/h7H,2-6H2,1H3,(H,11,12). The zero-order chi connectivity index (χ0) is 9.81. The van der Waals surface area contributed by atoms with Gasteiger partial charge in [-0.05, 0) is 26.2 Å². The molecule has 4 rings (SSSR count). The summed E-state index contributed by atoms with van der Waals surface area (Å²) >= 11 is 4.07. The first kappa shape index (κ1) is 9.40. The van der Waals surface area contributed by atoms with E-state index < -0.39 is 0 Å². The molecule has 2 atom stereocenters. The molecule has 1 amide bonds. The van der Waals surface area contributed by atoms with Gasteiger partial charge in [-0.25, -0.2) is 0 Å². The number of nitrogens with one attached hydrogen (secondary N) is 1. The molecule has 0 aromatic rings. The number of carbonyl (C=O) groups excluding carboxylic acids is 1. The lowest BCUT2D eigenvalue weighted by molar-refractivity contribution is -0.138. The number of hydrogen-bond acceptors (Lipinski definition) is 3. The van der Waals surface area contributed by atoms with Crippen LogP contribution >= 0.6 is 23.5 Å². The van der Waals surface area contributed by atoms with E-state index in [0.717, 1.165) is 6.42 Å². The Kier molecular flexibility index (Phi) is 1.91. The van der Waals surface area contributed by atoms with Gasteiger partial charge >= 0.3 is 0 Å². The Labute approximate surface area is 93.0 Å². The smallest absolute Gasteiger partial charge is 0.228 e. The predicted octanol–water partition coefficient (Wildman–Crippen LogP) is 1.85. The number of hydrogen-bond donors (Lipinski definition) is 1. The van der Waals surface area contributed by atoms with Crippen molar-refractivity contribution in [1.29, 1.82) is 0 Å². The van der Waals surface area contributed by atoms with Crippen LogP contribution < -0.4 is 5.32 Å². The lowest BCUT2D eigenvalue weighted by Crippen LogP contribution is -2.64. The summed E-state index contributed by atoms with van der Waals surface area (Å²) in [6, 6.07) is 0.461. The molecule has 1 aliphatic carbocycles. The third-order valence-electron chi connectivity index (χ3n) is 3.94. The van der Waals surface area contributed by atoms with E-state index >= 15 is 0 Å². The van der Waals surface area contributed by atoms with Crippen molar-refractivity contribution in [2.75, 3.05) is 11.5 Å². The fourth-order valence-corrected chi connectivity index (χ4v) is 6.77. The summed E-state index contributed by atoms with van der Waals surface area (Å²) in [6.45, 7) is 2.17. The first-order chi connectivity index (χ1) is 6.66. The van der Waals surface area contributed by atoms with E-state index in [2.05, 4.69) is 12.2 Å². The van der Waals surface area contributed by atoms with Crippen molar-refractivity contribution in [2.45, 2.75) is 36.3 Å².